The van der Waals surface area contributed by atoms with Crippen LogP contribution in [0.4, 0.5) is 5.69 Å². The molecule has 1 aliphatic heterocycles. The largest absolute Gasteiger partial charge is 0.369 e. The predicted octanol–water partition coefficient (Wildman–Crippen LogP) is 3.09. The van der Waals surface area contributed by atoms with Crippen molar-refractivity contribution in [3.8, 4) is 0 Å². The summed E-state index contributed by atoms with van der Waals surface area (Å²) in [5.74, 6) is 0. The van der Waals surface area contributed by atoms with Crippen LogP contribution in [0.1, 0.15) is 17.7 Å². The van der Waals surface area contributed by atoms with Crippen LogP contribution in [0.3, 0.4) is 0 Å². The highest BCUT2D eigenvalue weighted by Gasteiger charge is 2.18. The molecule has 0 aliphatic carbocycles. The Bertz CT molecular complexity index is 618. The van der Waals surface area contributed by atoms with Crippen LogP contribution in [-0.4, -0.2) is 40.9 Å². The van der Waals surface area contributed by atoms with Gasteiger partial charge < -0.3 is 4.90 Å². The first kappa shape index (κ1) is 15.4. The fraction of sp³-hybridized carbons (Fsp3) is 0.471. The normalized spacial score (nSPS) is 16.8. The van der Waals surface area contributed by atoms with Crippen molar-refractivity contribution in [2.75, 3.05) is 31.1 Å². The molecule has 1 aliphatic rings. The Balaban J connectivity index is 1.67. The number of nitrogens with zero attached hydrogens (tertiary/aromatic N) is 4. The highest BCUT2D eigenvalue weighted by molar-refractivity contribution is 6.33. The molecule has 0 radical (unpaired) electrons. The molecule has 2 heterocycles. The minimum atomic E-state index is 0.846. The number of hydrogen-bond donors (Lipinski definition) is 0. The summed E-state index contributed by atoms with van der Waals surface area (Å²) in [5.41, 5.74) is 3.74. The third-order valence-corrected chi connectivity index (χ3v) is 4.75. The molecule has 1 aromatic carbocycles. The van der Waals surface area contributed by atoms with Gasteiger partial charge in [0, 0.05) is 39.8 Å². The van der Waals surface area contributed by atoms with E-state index in [-0.39, 0.29) is 0 Å². The van der Waals surface area contributed by atoms with Crippen LogP contribution in [0.2, 0.25) is 5.02 Å². The SMILES string of the molecule is Cc1cnn(C)c1CN1CCCN(c2ccccc2Cl)CC1. The molecule has 1 aromatic heterocycles. The summed E-state index contributed by atoms with van der Waals surface area (Å²) in [5, 5.41) is 5.19. The second kappa shape index (κ2) is 6.71. The first-order valence-corrected chi connectivity index (χ1v) is 8.22. The zero-order valence-electron chi connectivity index (χ0n) is 13.3. The van der Waals surface area contributed by atoms with Gasteiger partial charge in [0.25, 0.3) is 0 Å². The summed E-state index contributed by atoms with van der Waals surface area (Å²) in [6, 6.07) is 8.13. The van der Waals surface area contributed by atoms with E-state index in [1.807, 2.05) is 30.1 Å². The molecule has 0 N–H and O–H groups in total. The smallest absolute Gasteiger partial charge is 0.0639 e. The molecule has 118 valence electrons. The molecule has 0 bridgehead atoms. The Hall–Kier alpha value is -1.52. The Morgan fingerprint density at radius 1 is 1.14 bits per heavy atom. The number of anilines is 1. The lowest BCUT2D eigenvalue weighted by atomic mass is 10.2. The molecule has 0 atom stereocenters. The van der Waals surface area contributed by atoms with Crippen LogP contribution in [0.25, 0.3) is 0 Å². The summed E-state index contributed by atoms with van der Waals surface area (Å²) in [7, 11) is 2.02. The van der Waals surface area contributed by atoms with E-state index in [2.05, 4.69) is 34.0 Å². The Labute approximate surface area is 137 Å². The van der Waals surface area contributed by atoms with E-state index in [1.54, 1.807) is 0 Å². The Kier molecular flexibility index (Phi) is 4.69. The number of benzene rings is 1. The first-order valence-electron chi connectivity index (χ1n) is 7.84. The number of para-hydroxylation sites is 1. The van der Waals surface area contributed by atoms with Gasteiger partial charge in [0.1, 0.15) is 0 Å². The number of aryl methyl sites for hydroxylation is 2. The topological polar surface area (TPSA) is 24.3 Å². The van der Waals surface area contributed by atoms with Crippen molar-refractivity contribution in [3.05, 3.63) is 46.7 Å². The van der Waals surface area contributed by atoms with E-state index in [0.717, 1.165) is 49.9 Å². The lowest BCUT2D eigenvalue weighted by Crippen LogP contribution is -2.31. The number of hydrogen-bond acceptors (Lipinski definition) is 3. The summed E-state index contributed by atoms with van der Waals surface area (Å²) in [6.45, 7) is 7.35. The first-order chi connectivity index (χ1) is 10.6. The molecule has 22 heavy (non-hydrogen) atoms. The van der Waals surface area contributed by atoms with Crippen molar-refractivity contribution in [2.45, 2.75) is 19.9 Å². The van der Waals surface area contributed by atoms with Crippen LogP contribution in [0.5, 0.6) is 0 Å². The second-order valence-corrected chi connectivity index (χ2v) is 6.37. The van der Waals surface area contributed by atoms with Gasteiger partial charge in [0.05, 0.1) is 22.6 Å². The fourth-order valence-corrected chi connectivity index (χ4v) is 3.34. The third-order valence-electron chi connectivity index (χ3n) is 4.43. The predicted molar refractivity (Wildman–Crippen MR) is 91.5 cm³/mol. The number of rotatable bonds is 3. The zero-order valence-corrected chi connectivity index (χ0v) is 14.1. The minimum absolute atomic E-state index is 0.846. The van der Waals surface area contributed by atoms with Crippen molar-refractivity contribution >= 4 is 17.3 Å². The van der Waals surface area contributed by atoms with Crippen molar-refractivity contribution in [1.82, 2.24) is 14.7 Å². The van der Waals surface area contributed by atoms with Crippen molar-refractivity contribution in [3.63, 3.8) is 0 Å². The average Bonchev–Trinajstić information content (AvgIpc) is 2.72. The summed E-state index contributed by atoms with van der Waals surface area (Å²) in [6.07, 6.45) is 3.10. The molecule has 0 amide bonds. The van der Waals surface area contributed by atoms with Crippen LogP contribution >= 0.6 is 11.6 Å². The minimum Gasteiger partial charge on any atom is -0.369 e. The molecule has 0 spiro atoms. The van der Waals surface area contributed by atoms with Gasteiger partial charge in [0.2, 0.25) is 0 Å². The zero-order chi connectivity index (χ0) is 15.5. The summed E-state index contributed by atoms with van der Waals surface area (Å²) in [4.78, 5) is 4.92. The maximum atomic E-state index is 6.34. The van der Waals surface area contributed by atoms with Crippen LogP contribution < -0.4 is 4.90 Å². The van der Waals surface area contributed by atoms with Gasteiger partial charge in [-0.05, 0) is 31.0 Å². The van der Waals surface area contributed by atoms with E-state index in [9.17, 15) is 0 Å². The lowest BCUT2D eigenvalue weighted by molar-refractivity contribution is 0.277. The van der Waals surface area contributed by atoms with E-state index >= 15 is 0 Å². The Morgan fingerprint density at radius 2 is 1.95 bits per heavy atom. The van der Waals surface area contributed by atoms with Gasteiger partial charge in [-0.15, -0.1) is 0 Å². The summed E-state index contributed by atoms with van der Waals surface area (Å²) < 4.78 is 1.99. The van der Waals surface area contributed by atoms with E-state index in [1.165, 1.54) is 11.3 Å². The molecule has 0 saturated carbocycles. The highest BCUT2D eigenvalue weighted by atomic mass is 35.5. The quantitative estimate of drug-likeness (QED) is 0.869. The highest BCUT2D eigenvalue weighted by Crippen LogP contribution is 2.26. The molecule has 0 unspecified atom stereocenters. The second-order valence-electron chi connectivity index (χ2n) is 5.97. The Morgan fingerprint density at radius 3 is 2.68 bits per heavy atom. The molecule has 4 nitrogen and oxygen atoms in total. The van der Waals surface area contributed by atoms with Gasteiger partial charge in [-0.3, -0.25) is 9.58 Å². The molecule has 3 rings (SSSR count). The molecular formula is C17H23ClN4. The maximum Gasteiger partial charge on any atom is 0.0639 e. The van der Waals surface area contributed by atoms with Crippen LogP contribution in [-0.2, 0) is 13.6 Å². The molecule has 2 aromatic rings. The van der Waals surface area contributed by atoms with E-state index < -0.39 is 0 Å². The van der Waals surface area contributed by atoms with Crippen LogP contribution in [0, 0.1) is 6.92 Å². The molecule has 5 heteroatoms. The molecule has 1 fully saturated rings. The number of aromatic nitrogens is 2. The lowest BCUT2D eigenvalue weighted by Gasteiger charge is -2.24. The molecular weight excluding hydrogens is 296 g/mol. The van der Waals surface area contributed by atoms with Crippen molar-refractivity contribution < 1.29 is 0 Å². The van der Waals surface area contributed by atoms with Gasteiger partial charge in [0.15, 0.2) is 0 Å². The van der Waals surface area contributed by atoms with Crippen LogP contribution in [0.15, 0.2) is 30.5 Å². The van der Waals surface area contributed by atoms with Crippen molar-refractivity contribution in [2.24, 2.45) is 7.05 Å². The standard InChI is InChI=1S/C17H23ClN4/c1-14-12-19-20(2)17(14)13-21-8-5-9-22(11-10-21)16-7-4-3-6-15(16)18/h3-4,6-7,12H,5,8-11,13H2,1-2H3. The monoisotopic (exact) mass is 318 g/mol. The van der Waals surface area contributed by atoms with Gasteiger partial charge in [-0.1, -0.05) is 23.7 Å². The maximum absolute atomic E-state index is 6.34. The van der Waals surface area contributed by atoms with Gasteiger partial charge >= 0.3 is 0 Å². The number of halogens is 1. The van der Waals surface area contributed by atoms with E-state index in [4.69, 9.17) is 11.6 Å². The van der Waals surface area contributed by atoms with Gasteiger partial charge in [-0.2, -0.15) is 5.10 Å². The molecule has 1 saturated heterocycles. The summed E-state index contributed by atoms with van der Waals surface area (Å²) >= 11 is 6.34. The fourth-order valence-electron chi connectivity index (χ4n) is 3.09. The van der Waals surface area contributed by atoms with Crippen molar-refractivity contribution in [1.29, 1.82) is 0 Å². The average molecular weight is 319 g/mol. The van der Waals surface area contributed by atoms with E-state index in [0.29, 0.717) is 0 Å². The third kappa shape index (κ3) is 3.28. The van der Waals surface area contributed by atoms with Gasteiger partial charge in [-0.25, -0.2) is 0 Å².